The molecule has 29 heavy (non-hydrogen) atoms. The number of hydrogen-bond acceptors (Lipinski definition) is 4. The fraction of sp³-hybridized carbons (Fsp3) is 0.636. The van der Waals surface area contributed by atoms with E-state index in [9.17, 15) is 9.59 Å². The number of anilines is 1. The lowest BCUT2D eigenvalue weighted by atomic mass is 10.2. The second kappa shape index (κ2) is 11.0. The maximum absolute atomic E-state index is 12.4. The minimum Gasteiger partial charge on any atom is -0.494 e. The van der Waals surface area contributed by atoms with Gasteiger partial charge in [0, 0.05) is 25.2 Å². The zero-order valence-corrected chi connectivity index (χ0v) is 17.5. The highest BCUT2D eigenvalue weighted by atomic mass is 16.5. The Hall–Kier alpha value is -2.28. The Balaban J connectivity index is 1.37. The van der Waals surface area contributed by atoms with E-state index in [-0.39, 0.29) is 18.0 Å². The minimum atomic E-state index is -0.188. The summed E-state index contributed by atoms with van der Waals surface area (Å²) in [5.41, 5.74) is 0.834. The maximum Gasteiger partial charge on any atom is 0.315 e. The van der Waals surface area contributed by atoms with Crippen molar-refractivity contribution in [2.45, 2.75) is 51.5 Å². The second-order valence-electron chi connectivity index (χ2n) is 7.84. The summed E-state index contributed by atoms with van der Waals surface area (Å²) < 4.78 is 5.44. The number of carbonyl (C=O) groups is 2. The first-order chi connectivity index (χ1) is 14.2. The van der Waals surface area contributed by atoms with Crippen molar-refractivity contribution in [1.29, 1.82) is 0 Å². The predicted molar refractivity (Wildman–Crippen MR) is 114 cm³/mol. The zero-order chi connectivity index (χ0) is 20.5. The molecule has 0 bridgehead atoms. The molecule has 2 fully saturated rings. The van der Waals surface area contributed by atoms with E-state index >= 15 is 0 Å². The van der Waals surface area contributed by atoms with Gasteiger partial charge >= 0.3 is 6.03 Å². The fourth-order valence-corrected chi connectivity index (χ4v) is 4.04. The van der Waals surface area contributed by atoms with Crippen LogP contribution in [0.5, 0.6) is 5.75 Å². The highest BCUT2D eigenvalue weighted by Gasteiger charge is 2.31. The molecule has 2 N–H and O–H groups in total. The molecule has 3 amide bonds. The number of carbonyl (C=O) groups excluding carboxylic acids is 2. The summed E-state index contributed by atoms with van der Waals surface area (Å²) in [7, 11) is 0. The van der Waals surface area contributed by atoms with Crippen LogP contribution in [0.4, 0.5) is 10.5 Å². The maximum atomic E-state index is 12.4. The summed E-state index contributed by atoms with van der Waals surface area (Å²) in [6.45, 7) is 7.10. The van der Waals surface area contributed by atoms with Crippen molar-refractivity contribution in [3.8, 4) is 5.75 Å². The summed E-state index contributed by atoms with van der Waals surface area (Å²) in [6, 6.07) is 7.14. The molecule has 2 aliphatic heterocycles. The Bertz CT molecular complexity index is 657. The van der Waals surface area contributed by atoms with E-state index in [4.69, 9.17) is 4.74 Å². The molecular formula is C22H34N4O3. The van der Waals surface area contributed by atoms with Crippen LogP contribution in [-0.2, 0) is 4.79 Å². The average molecular weight is 403 g/mol. The molecule has 2 aliphatic rings. The third-order valence-corrected chi connectivity index (χ3v) is 5.56. The highest BCUT2D eigenvalue weighted by Crippen LogP contribution is 2.24. The van der Waals surface area contributed by atoms with Crippen molar-refractivity contribution >= 4 is 17.6 Å². The Kier molecular flexibility index (Phi) is 8.16. The van der Waals surface area contributed by atoms with Crippen LogP contribution >= 0.6 is 0 Å². The van der Waals surface area contributed by atoms with Gasteiger partial charge in [-0.15, -0.1) is 0 Å². The van der Waals surface area contributed by atoms with Crippen LogP contribution in [0.3, 0.4) is 0 Å². The largest absolute Gasteiger partial charge is 0.494 e. The smallest absolute Gasteiger partial charge is 0.315 e. The van der Waals surface area contributed by atoms with Crippen LogP contribution < -0.4 is 20.3 Å². The number of ether oxygens (including phenoxy) is 1. The minimum absolute atomic E-state index is 0.0284. The Morgan fingerprint density at radius 1 is 1.14 bits per heavy atom. The first-order valence-electron chi connectivity index (χ1n) is 11.0. The number of benzene rings is 1. The van der Waals surface area contributed by atoms with Crippen molar-refractivity contribution in [1.82, 2.24) is 15.5 Å². The Morgan fingerprint density at radius 3 is 2.55 bits per heavy atom. The molecule has 2 heterocycles. The highest BCUT2D eigenvalue weighted by molar-refractivity contribution is 5.96. The normalized spacial score (nSPS) is 20.4. The summed E-state index contributed by atoms with van der Waals surface area (Å²) in [6.07, 6.45) is 6.53. The van der Waals surface area contributed by atoms with E-state index in [0.29, 0.717) is 26.1 Å². The lowest BCUT2D eigenvalue weighted by Gasteiger charge is -2.20. The molecule has 7 heteroatoms. The van der Waals surface area contributed by atoms with Crippen molar-refractivity contribution < 1.29 is 14.3 Å². The van der Waals surface area contributed by atoms with E-state index in [1.54, 1.807) is 4.90 Å². The third kappa shape index (κ3) is 6.63. The molecule has 7 nitrogen and oxygen atoms in total. The molecule has 0 unspecified atom stereocenters. The molecule has 0 radical (unpaired) electrons. The van der Waals surface area contributed by atoms with E-state index in [2.05, 4.69) is 15.5 Å². The van der Waals surface area contributed by atoms with E-state index in [1.165, 1.54) is 38.8 Å². The summed E-state index contributed by atoms with van der Waals surface area (Å²) in [4.78, 5) is 28.8. The SMILES string of the molecule is CCOc1ccc(N2C[C@H](NC(=O)NCCCN3CCCCCC3)CC2=O)cc1. The number of hydrogen-bond donors (Lipinski definition) is 2. The molecule has 1 aromatic carbocycles. The first-order valence-corrected chi connectivity index (χ1v) is 11.0. The molecule has 2 saturated heterocycles. The van der Waals surface area contributed by atoms with Gasteiger partial charge in [-0.05, 0) is 70.1 Å². The van der Waals surface area contributed by atoms with E-state index in [0.717, 1.165) is 24.4 Å². The van der Waals surface area contributed by atoms with Crippen LogP contribution in [0.25, 0.3) is 0 Å². The van der Waals surface area contributed by atoms with Crippen molar-refractivity contribution in [2.75, 3.05) is 44.2 Å². The van der Waals surface area contributed by atoms with Crippen molar-refractivity contribution in [2.24, 2.45) is 0 Å². The Morgan fingerprint density at radius 2 is 1.86 bits per heavy atom. The predicted octanol–water partition coefficient (Wildman–Crippen LogP) is 2.76. The standard InChI is InChI=1S/C22H34N4O3/c1-2-29-20-10-8-19(9-11-20)26-17-18(16-21(26)27)24-22(28)23-12-7-15-25-13-5-3-4-6-14-25/h8-11,18H,2-7,12-17H2,1H3,(H2,23,24,28)/t18-/m1/s1. The summed E-state index contributed by atoms with van der Waals surface area (Å²) in [5, 5.41) is 5.87. The molecule has 0 aliphatic carbocycles. The lowest BCUT2D eigenvalue weighted by Crippen LogP contribution is -2.44. The second-order valence-corrected chi connectivity index (χ2v) is 7.84. The van der Waals surface area contributed by atoms with Crippen LogP contribution in [0.15, 0.2) is 24.3 Å². The average Bonchev–Trinajstić information content (AvgIpc) is 2.91. The van der Waals surface area contributed by atoms with Gasteiger partial charge < -0.3 is 25.2 Å². The molecule has 0 saturated carbocycles. The topological polar surface area (TPSA) is 73.9 Å². The molecular weight excluding hydrogens is 368 g/mol. The van der Waals surface area contributed by atoms with Gasteiger partial charge in [0.25, 0.3) is 0 Å². The van der Waals surface area contributed by atoms with Gasteiger partial charge in [0.15, 0.2) is 0 Å². The molecule has 1 atom stereocenters. The van der Waals surface area contributed by atoms with Crippen LogP contribution in [0.1, 0.15) is 45.4 Å². The molecule has 0 aromatic heterocycles. The zero-order valence-electron chi connectivity index (χ0n) is 17.5. The number of amides is 3. The van der Waals surface area contributed by atoms with E-state index in [1.807, 2.05) is 31.2 Å². The first kappa shape index (κ1) is 21.4. The monoisotopic (exact) mass is 402 g/mol. The number of nitrogens with one attached hydrogen (secondary N) is 2. The fourth-order valence-electron chi connectivity index (χ4n) is 4.04. The molecule has 160 valence electrons. The lowest BCUT2D eigenvalue weighted by molar-refractivity contribution is -0.117. The van der Waals surface area contributed by atoms with Gasteiger partial charge in [0.05, 0.1) is 12.6 Å². The van der Waals surface area contributed by atoms with Gasteiger partial charge in [-0.3, -0.25) is 4.79 Å². The molecule has 3 rings (SSSR count). The van der Waals surface area contributed by atoms with E-state index < -0.39 is 0 Å². The summed E-state index contributed by atoms with van der Waals surface area (Å²) in [5.74, 6) is 0.817. The van der Waals surface area contributed by atoms with Crippen LogP contribution in [0, 0.1) is 0 Å². The van der Waals surface area contributed by atoms with Crippen LogP contribution in [-0.4, -0.2) is 62.2 Å². The van der Waals surface area contributed by atoms with Crippen molar-refractivity contribution in [3.05, 3.63) is 24.3 Å². The Labute approximate surface area is 173 Å². The molecule has 0 spiro atoms. The van der Waals surface area contributed by atoms with Gasteiger partial charge in [0.1, 0.15) is 5.75 Å². The van der Waals surface area contributed by atoms with Gasteiger partial charge in [-0.2, -0.15) is 0 Å². The number of urea groups is 1. The van der Waals surface area contributed by atoms with Crippen molar-refractivity contribution in [3.63, 3.8) is 0 Å². The van der Waals surface area contributed by atoms with Gasteiger partial charge in [-0.1, -0.05) is 12.8 Å². The number of rotatable bonds is 8. The quantitative estimate of drug-likeness (QED) is 0.656. The van der Waals surface area contributed by atoms with Gasteiger partial charge in [-0.25, -0.2) is 4.79 Å². The number of likely N-dealkylation sites (tertiary alicyclic amines) is 1. The van der Waals surface area contributed by atoms with Crippen LogP contribution in [0.2, 0.25) is 0 Å². The third-order valence-electron chi connectivity index (χ3n) is 5.56. The molecule has 1 aromatic rings. The summed E-state index contributed by atoms with van der Waals surface area (Å²) >= 11 is 0. The van der Waals surface area contributed by atoms with Gasteiger partial charge in [0.2, 0.25) is 5.91 Å². The number of nitrogens with zero attached hydrogens (tertiary/aromatic N) is 2.